The predicted octanol–water partition coefficient (Wildman–Crippen LogP) is 3.52. The van der Waals surface area contributed by atoms with Gasteiger partial charge in [-0.05, 0) is 11.5 Å². The van der Waals surface area contributed by atoms with Gasteiger partial charge in [0, 0.05) is 24.8 Å². The fraction of sp³-hybridized carbons (Fsp3) is 0.438. The highest BCUT2D eigenvalue weighted by atomic mass is 16.5. The maximum absolute atomic E-state index is 11.9. The first-order valence-electron chi connectivity index (χ1n) is 6.58. The summed E-state index contributed by atoms with van der Waals surface area (Å²) in [5.41, 5.74) is 2.05. The van der Waals surface area contributed by atoms with Gasteiger partial charge in [0.25, 0.3) is 0 Å². The third-order valence-corrected chi connectivity index (χ3v) is 3.07. The highest BCUT2D eigenvalue weighted by molar-refractivity contribution is 5.98. The van der Waals surface area contributed by atoms with E-state index >= 15 is 0 Å². The largest absolute Gasteiger partial charge is 0.497 e. The Morgan fingerprint density at radius 2 is 1.89 bits per heavy atom. The van der Waals surface area contributed by atoms with E-state index in [1.54, 1.807) is 0 Å². The van der Waals surface area contributed by atoms with Gasteiger partial charge in [-0.15, -0.1) is 0 Å². The van der Waals surface area contributed by atoms with Gasteiger partial charge in [0.15, 0.2) is 5.78 Å². The van der Waals surface area contributed by atoms with Crippen LogP contribution in [-0.4, -0.2) is 12.4 Å². The molecule has 0 aliphatic heterocycles. The number of rotatable bonds is 5. The second-order valence-electron chi connectivity index (χ2n) is 5.19. The monoisotopic (exact) mass is 244 g/mol. The zero-order valence-electron chi connectivity index (χ0n) is 11.1. The van der Waals surface area contributed by atoms with Crippen LogP contribution in [0.1, 0.15) is 32.3 Å². The molecule has 2 nitrogen and oxygen atoms in total. The molecule has 0 bridgehead atoms. The summed E-state index contributed by atoms with van der Waals surface area (Å²) in [4.78, 5) is 11.9. The van der Waals surface area contributed by atoms with Gasteiger partial charge in [0.2, 0.25) is 0 Å². The number of ketones is 1. The Morgan fingerprint density at radius 3 is 2.56 bits per heavy atom. The molecule has 1 aromatic rings. The molecule has 0 N–H and O–H groups in total. The third-order valence-electron chi connectivity index (χ3n) is 3.07. The average Bonchev–Trinajstić information content (AvgIpc) is 2.70. The van der Waals surface area contributed by atoms with Crippen LogP contribution >= 0.6 is 0 Å². The summed E-state index contributed by atoms with van der Waals surface area (Å²) in [6, 6.07) is 10.1. The lowest BCUT2D eigenvalue weighted by molar-refractivity contribution is -0.115. The normalized spacial score (nSPS) is 15.6. The van der Waals surface area contributed by atoms with Gasteiger partial charge in [0.05, 0.1) is 6.61 Å². The van der Waals surface area contributed by atoms with Crippen LogP contribution in [0.4, 0.5) is 0 Å². The zero-order chi connectivity index (χ0) is 13.0. The Kier molecular flexibility index (Phi) is 4.19. The zero-order valence-corrected chi connectivity index (χ0v) is 11.1. The second kappa shape index (κ2) is 5.85. The molecule has 18 heavy (non-hydrogen) atoms. The molecule has 1 aromatic carbocycles. The van der Waals surface area contributed by atoms with Crippen LogP contribution in [0.3, 0.4) is 0 Å². The number of ether oxygens (including phenoxy) is 1. The van der Waals surface area contributed by atoms with Crippen molar-refractivity contribution in [1.29, 1.82) is 0 Å². The first-order chi connectivity index (χ1) is 8.66. The van der Waals surface area contributed by atoms with E-state index in [-0.39, 0.29) is 5.78 Å². The minimum Gasteiger partial charge on any atom is -0.497 e. The van der Waals surface area contributed by atoms with Crippen molar-refractivity contribution in [2.24, 2.45) is 5.92 Å². The fourth-order valence-corrected chi connectivity index (χ4v) is 2.11. The lowest BCUT2D eigenvalue weighted by atomic mass is 10.0. The van der Waals surface area contributed by atoms with E-state index < -0.39 is 0 Å². The summed E-state index contributed by atoms with van der Waals surface area (Å²) in [6.07, 6.45) is 2.08. The molecule has 0 aromatic heterocycles. The van der Waals surface area contributed by atoms with Crippen molar-refractivity contribution in [1.82, 2.24) is 0 Å². The Bertz CT molecular complexity index is 443. The first-order valence-corrected chi connectivity index (χ1v) is 6.58. The molecule has 1 aliphatic rings. The standard InChI is InChI=1S/C16H20O2/c1-12(2)11-18-16-9-8-15(17)14(16)10-13-6-4-3-5-7-13/h3-7,12H,8-11H2,1-2H3. The molecule has 2 rings (SSSR count). The Morgan fingerprint density at radius 1 is 1.17 bits per heavy atom. The Balaban J connectivity index is 2.10. The lowest BCUT2D eigenvalue weighted by Crippen LogP contribution is -2.05. The van der Waals surface area contributed by atoms with E-state index in [4.69, 9.17) is 4.74 Å². The number of benzene rings is 1. The van der Waals surface area contributed by atoms with Crippen molar-refractivity contribution < 1.29 is 9.53 Å². The van der Waals surface area contributed by atoms with Gasteiger partial charge in [0.1, 0.15) is 5.76 Å². The fourth-order valence-electron chi connectivity index (χ4n) is 2.11. The van der Waals surface area contributed by atoms with Gasteiger partial charge in [-0.3, -0.25) is 4.79 Å². The van der Waals surface area contributed by atoms with Gasteiger partial charge in [-0.1, -0.05) is 44.2 Å². The minimum atomic E-state index is 0.248. The molecule has 96 valence electrons. The summed E-state index contributed by atoms with van der Waals surface area (Å²) in [5.74, 6) is 1.65. The Hall–Kier alpha value is -1.57. The molecule has 1 aliphatic carbocycles. The topological polar surface area (TPSA) is 26.3 Å². The number of carbonyl (C=O) groups is 1. The van der Waals surface area contributed by atoms with E-state index in [9.17, 15) is 4.79 Å². The summed E-state index contributed by atoms with van der Waals surface area (Å²) in [6.45, 7) is 4.93. The van der Waals surface area contributed by atoms with Gasteiger partial charge < -0.3 is 4.74 Å². The maximum atomic E-state index is 11.9. The van der Waals surface area contributed by atoms with Crippen molar-refractivity contribution >= 4 is 5.78 Å². The van der Waals surface area contributed by atoms with Gasteiger partial charge in [-0.25, -0.2) is 0 Å². The molecular formula is C16H20O2. The van der Waals surface area contributed by atoms with Crippen LogP contribution in [0.2, 0.25) is 0 Å². The minimum absolute atomic E-state index is 0.248. The van der Waals surface area contributed by atoms with Crippen molar-refractivity contribution in [2.75, 3.05) is 6.61 Å². The molecule has 0 atom stereocenters. The number of hydrogen-bond donors (Lipinski definition) is 0. The predicted molar refractivity (Wildman–Crippen MR) is 72.2 cm³/mol. The highest BCUT2D eigenvalue weighted by Crippen LogP contribution is 2.27. The van der Waals surface area contributed by atoms with Crippen molar-refractivity contribution in [3.8, 4) is 0 Å². The van der Waals surface area contributed by atoms with Crippen molar-refractivity contribution in [3.63, 3.8) is 0 Å². The SMILES string of the molecule is CC(C)COC1=C(Cc2ccccc2)C(=O)CC1. The van der Waals surface area contributed by atoms with Crippen molar-refractivity contribution in [3.05, 3.63) is 47.2 Å². The van der Waals surface area contributed by atoms with Crippen LogP contribution in [0.5, 0.6) is 0 Å². The molecule has 0 fully saturated rings. The van der Waals surface area contributed by atoms with E-state index in [0.717, 1.165) is 17.8 Å². The van der Waals surface area contributed by atoms with Crippen LogP contribution in [0.15, 0.2) is 41.7 Å². The van der Waals surface area contributed by atoms with E-state index in [1.165, 1.54) is 5.56 Å². The summed E-state index contributed by atoms with van der Waals surface area (Å²) >= 11 is 0. The molecule has 2 heteroatoms. The van der Waals surface area contributed by atoms with E-state index in [2.05, 4.69) is 26.0 Å². The molecule has 0 saturated carbocycles. The van der Waals surface area contributed by atoms with Gasteiger partial charge in [-0.2, -0.15) is 0 Å². The van der Waals surface area contributed by atoms with Crippen LogP contribution in [0.25, 0.3) is 0 Å². The molecular weight excluding hydrogens is 224 g/mol. The number of allylic oxidation sites excluding steroid dienone is 2. The Labute approximate surface area is 109 Å². The molecule has 0 unspecified atom stereocenters. The number of Topliss-reactive ketones (excluding diaryl/α,β-unsaturated/α-hetero) is 1. The molecule has 0 heterocycles. The highest BCUT2D eigenvalue weighted by Gasteiger charge is 2.24. The van der Waals surface area contributed by atoms with E-state index in [0.29, 0.717) is 25.4 Å². The van der Waals surface area contributed by atoms with Gasteiger partial charge >= 0.3 is 0 Å². The second-order valence-corrected chi connectivity index (χ2v) is 5.19. The van der Waals surface area contributed by atoms with Crippen molar-refractivity contribution in [2.45, 2.75) is 33.1 Å². The van der Waals surface area contributed by atoms with E-state index in [1.807, 2.05) is 18.2 Å². The lowest BCUT2D eigenvalue weighted by Gasteiger charge is -2.11. The molecule has 0 saturated heterocycles. The smallest absolute Gasteiger partial charge is 0.162 e. The molecule has 0 radical (unpaired) electrons. The third kappa shape index (κ3) is 3.22. The molecule has 0 spiro atoms. The quantitative estimate of drug-likeness (QED) is 0.792. The summed E-state index contributed by atoms with van der Waals surface area (Å²) in [5, 5.41) is 0. The summed E-state index contributed by atoms with van der Waals surface area (Å²) < 4.78 is 5.78. The molecule has 0 amide bonds. The number of carbonyl (C=O) groups excluding carboxylic acids is 1. The maximum Gasteiger partial charge on any atom is 0.162 e. The average molecular weight is 244 g/mol. The number of hydrogen-bond acceptors (Lipinski definition) is 2. The van der Waals surface area contributed by atoms with Crippen LogP contribution < -0.4 is 0 Å². The van der Waals surface area contributed by atoms with Crippen LogP contribution in [0, 0.1) is 5.92 Å². The first kappa shape index (κ1) is 12.9. The summed E-state index contributed by atoms with van der Waals surface area (Å²) in [7, 11) is 0. The van der Waals surface area contributed by atoms with Crippen LogP contribution in [-0.2, 0) is 16.0 Å².